The van der Waals surface area contributed by atoms with E-state index >= 15 is 0 Å². The normalized spacial score (nSPS) is 14.9. The molecule has 0 amide bonds. The van der Waals surface area contributed by atoms with E-state index in [0.29, 0.717) is 5.56 Å². The maximum Gasteiger partial charge on any atom is 0.147 e. The average molecular weight is 251 g/mol. The SMILES string of the molecule is CN(CC1CCC1)c1nc2ccccc2cc1C#N. The summed E-state index contributed by atoms with van der Waals surface area (Å²) >= 11 is 0. The van der Waals surface area contributed by atoms with E-state index in [1.807, 2.05) is 37.4 Å². The summed E-state index contributed by atoms with van der Waals surface area (Å²) in [4.78, 5) is 6.79. The molecule has 0 radical (unpaired) electrons. The number of hydrogen-bond donors (Lipinski definition) is 0. The van der Waals surface area contributed by atoms with Crippen LogP contribution in [0.25, 0.3) is 10.9 Å². The van der Waals surface area contributed by atoms with E-state index in [4.69, 9.17) is 0 Å². The fourth-order valence-electron chi connectivity index (χ4n) is 2.63. The molecular weight excluding hydrogens is 234 g/mol. The summed E-state index contributed by atoms with van der Waals surface area (Å²) in [6.45, 7) is 1.00. The molecule has 1 aromatic heterocycles. The van der Waals surface area contributed by atoms with Crippen molar-refractivity contribution in [3.63, 3.8) is 0 Å². The highest BCUT2D eigenvalue weighted by molar-refractivity contribution is 5.83. The van der Waals surface area contributed by atoms with Crippen molar-refractivity contribution in [1.82, 2.24) is 4.98 Å². The molecule has 0 spiro atoms. The molecule has 0 saturated heterocycles. The van der Waals surface area contributed by atoms with E-state index in [1.165, 1.54) is 19.3 Å². The summed E-state index contributed by atoms with van der Waals surface area (Å²) in [5.41, 5.74) is 1.62. The van der Waals surface area contributed by atoms with Crippen LogP contribution in [0.1, 0.15) is 24.8 Å². The monoisotopic (exact) mass is 251 g/mol. The molecule has 3 heteroatoms. The van der Waals surface area contributed by atoms with E-state index in [9.17, 15) is 5.26 Å². The lowest BCUT2D eigenvalue weighted by atomic mass is 9.85. The zero-order valence-electron chi connectivity index (χ0n) is 11.1. The summed E-state index contributed by atoms with van der Waals surface area (Å²) in [5, 5.41) is 10.3. The number of rotatable bonds is 3. The van der Waals surface area contributed by atoms with E-state index < -0.39 is 0 Å². The van der Waals surface area contributed by atoms with E-state index in [0.717, 1.165) is 29.2 Å². The van der Waals surface area contributed by atoms with Gasteiger partial charge in [0.15, 0.2) is 0 Å². The summed E-state index contributed by atoms with van der Waals surface area (Å²) in [6, 6.07) is 12.2. The first kappa shape index (κ1) is 12.0. The Morgan fingerprint density at radius 3 is 2.84 bits per heavy atom. The number of pyridine rings is 1. The van der Waals surface area contributed by atoms with Crippen LogP contribution in [0.4, 0.5) is 5.82 Å². The van der Waals surface area contributed by atoms with Crippen LogP contribution in [-0.2, 0) is 0 Å². The largest absolute Gasteiger partial charge is 0.358 e. The highest BCUT2D eigenvalue weighted by atomic mass is 15.2. The number of fused-ring (bicyclic) bond motifs is 1. The Kier molecular flexibility index (Phi) is 3.08. The third-order valence-electron chi connectivity index (χ3n) is 3.94. The van der Waals surface area contributed by atoms with Crippen LogP contribution in [0.3, 0.4) is 0 Å². The van der Waals surface area contributed by atoms with Gasteiger partial charge in [-0.05, 0) is 30.9 Å². The minimum atomic E-state index is 0.667. The quantitative estimate of drug-likeness (QED) is 0.840. The van der Waals surface area contributed by atoms with Crippen molar-refractivity contribution in [2.45, 2.75) is 19.3 Å². The molecule has 1 fully saturated rings. The van der Waals surface area contributed by atoms with Gasteiger partial charge in [0, 0.05) is 19.0 Å². The van der Waals surface area contributed by atoms with Crippen molar-refractivity contribution in [3.05, 3.63) is 35.9 Å². The Morgan fingerprint density at radius 2 is 2.16 bits per heavy atom. The number of para-hydroxylation sites is 1. The zero-order valence-corrected chi connectivity index (χ0v) is 11.1. The van der Waals surface area contributed by atoms with Gasteiger partial charge in [0.05, 0.1) is 11.1 Å². The van der Waals surface area contributed by atoms with Crippen LogP contribution in [-0.4, -0.2) is 18.6 Å². The standard InChI is InChI=1S/C16H17N3/c1-19(11-12-5-4-6-12)16-14(10-17)9-13-7-2-3-8-15(13)18-16/h2-3,7-9,12H,4-6,11H2,1H3. The third kappa shape index (κ3) is 2.26. The van der Waals surface area contributed by atoms with Crippen molar-refractivity contribution >= 4 is 16.7 Å². The molecule has 0 bridgehead atoms. The Labute approximate surface area is 113 Å². The van der Waals surface area contributed by atoms with Crippen molar-refractivity contribution in [2.75, 3.05) is 18.5 Å². The predicted molar refractivity (Wildman–Crippen MR) is 77.1 cm³/mol. The molecule has 19 heavy (non-hydrogen) atoms. The lowest BCUT2D eigenvalue weighted by Crippen LogP contribution is -2.30. The number of aromatic nitrogens is 1. The molecular formula is C16H17N3. The molecule has 3 rings (SSSR count). The highest BCUT2D eigenvalue weighted by Gasteiger charge is 2.21. The second kappa shape index (κ2) is 4.89. The second-order valence-corrected chi connectivity index (χ2v) is 5.34. The lowest BCUT2D eigenvalue weighted by molar-refractivity contribution is 0.321. The van der Waals surface area contributed by atoms with Crippen molar-refractivity contribution in [1.29, 1.82) is 5.26 Å². The van der Waals surface area contributed by atoms with Crippen molar-refractivity contribution < 1.29 is 0 Å². The average Bonchev–Trinajstić information content (AvgIpc) is 2.41. The molecule has 1 aliphatic carbocycles. The molecule has 1 heterocycles. The first-order valence-electron chi connectivity index (χ1n) is 6.79. The van der Waals surface area contributed by atoms with Crippen LogP contribution in [0.15, 0.2) is 30.3 Å². The van der Waals surface area contributed by atoms with Gasteiger partial charge in [-0.3, -0.25) is 0 Å². The summed E-state index contributed by atoms with van der Waals surface area (Å²) in [7, 11) is 2.04. The van der Waals surface area contributed by atoms with E-state index in [2.05, 4.69) is 16.0 Å². The molecule has 96 valence electrons. The minimum Gasteiger partial charge on any atom is -0.358 e. The Hall–Kier alpha value is -2.08. The Balaban J connectivity index is 1.98. The van der Waals surface area contributed by atoms with Crippen LogP contribution in [0.2, 0.25) is 0 Å². The fraction of sp³-hybridized carbons (Fsp3) is 0.375. The van der Waals surface area contributed by atoms with Crippen molar-refractivity contribution in [2.24, 2.45) is 5.92 Å². The van der Waals surface area contributed by atoms with Gasteiger partial charge in [-0.25, -0.2) is 4.98 Å². The van der Waals surface area contributed by atoms with Gasteiger partial charge in [0.25, 0.3) is 0 Å². The molecule has 1 saturated carbocycles. The first-order chi connectivity index (χ1) is 9.28. The Bertz CT molecular complexity index is 638. The van der Waals surface area contributed by atoms with Gasteiger partial charge in [-0.15, -0.1) is 0 Å². The molecule has 1 aromatic carbocycles. The number of anilines is 1. The number of nitriles is 1. The summed E-state index contributed by atoms with van der Waals surface area (Å²) in [5.74, 6) is 1.58. The lowest BCUT2D eigenvalue weighted by Gasteiger charge is -2.31. The first-order valence-corrected chi connectivity index (χ1v) is 6.79. The van der Waals surface area contributed by atoms with Crippen LogP contribution >= 0.6 is 0 Å². The second-order valence-electron chi connectivity index (χ2n) is 5.34. The van der Waals surface area contributed by atoms with Crippen LogP contribution < -0.4 is 4.90 Å². The Morgan fingerprint density at radius 1 is 1.37 bits per heavy atom. The maximum absolute atomic E-state index is 9.32. The van der Waals surface area contributed by atoms with Crippen molar-refractivity contribution in [3.8, 4) is 6.07 Å². The number of nitrogens with zero attached hydrogens (tertiary/aromatic N) is 3. The van der Waals surface area contributed by atoms with Gasteiger partial charge in [0.2, 0.25) is 0 Å². The zero-order chi connectivity index (χ0) is 13.2. The number of hydrogen-bond acceptors (Lipinski definition) is 3. The van der Waals surface area contributed by atoms with Gasteiger partial charge in [0.1, 0.15) is 11.9 Å². The summed E-state index contributed by atoms with van der Waals surface area (Å²) < 4.78 is 0. The molecule has 0 unspecified atom stereocenters. The van der Waals surface area contributed by atoms with Crippen LogP contribution in [0.5, 0.6) is 0 Å². The molecule has 1 aliphatic rings. The van der Waals surface area contributed by atoms with E-state index in [-0.39, 0.29) is 0 Å². The smallest absolute Gasteiger partial charge is 0.147 e. The number of benzene rings is 1. The molecule has 3 nitrogen and oxygen atoms in total. The van der Waals surface area contributed by atoms with E-state index in [1.54, 1.807) is 0 Å². The molecule has 0 aliphatic heterocycles. The molecule has 0 atom stereocenters. The van der Waals surface area contributed by atoms with Crippen LogP contribution in [0, 0.1) is 17.2 Å². The third-order valence-corrected chi connectivity index (χ3v) is 3.94. The highest BCUT2D eigenvalue weighted by Crippen LogP contribution is 2.29. The van der Waals surface area contributed by atoms with Gasteiger partial charge >= 0.3 is 0 Å². The fourth-order valence-corrected chi connectivity index (χ4v) is 2.63. The minimum absolute atomic E-state index is 0.667. The maximum atomic E-state index is 9.32. The topological polar surface area (TPSA) is 39.9 Å². The van der Waals surface area contributed by atoms with Gasteiger partial charge < -0.3 is 4.90 Å². The molecule has 0 N–H and O–H groups in total. The van der Waals surface area contributed by atoms with Gasteiger partial charge in [-0.1, -0.05) is 24.6 Å². The summed E-state index contributed by atoms with van der Waals surface area (Å²) in [6.07, 6.45) is 3.95. The molecule has 2 aromatic rings. The van der Waals surface area contributed by atoms with Gasteiger partial charge in [-0.2, -0.15) is 5.26 Å². The predicted octanol–water partition coefficient (Wildman–Crippen LogP) is 3.34.